The first-order chi connectivity index (χ1) is 13.8. The van der Waals surface area contributed by atoms with E-state index in [-0.39, 0.29) is 18.0 Å². The molecule has 2 aromatic carbocycles. The molecule has 0 aliphatic heterocycles. The summed E-state index contributed by atoms with van der Waals surface area (Å²) in [4.78, 5) is 12.0. The fourth-order valence-electron chi connectivity index (χ4n) is 3.52. The van der Waals surface area contributed by atoms with Crippen LogP contribution in [0.2, 0.25) is 0 Å². The summed E-state index contributed by atoms with van der Waals surface area (Å²) in [5, 5.41) is 15.5. The lowest BCUT2D eigenvalue weighted by molar-refractivity contribution is 0.587. The van der Waals surface area contributed by atoms with E-state index in [1.165, 1.54) is 32.2 Å². The molecule has 0 spiro atoms. The predicted molar refractivity (Wildman–Crippen MR) is 123 cm³/mol. The van der Waals surface area contributed by atoms with Gasteiger partial charge in [-0.3, -0.25) is 4.79 Å². The van der Waals surface area contributed by atoms with Crippen LogP contribution in [-0.4, -0.2) is 29.8 Å². The number of anilines is 1. The van der Waals surface area contributed by atoms with Crippen molar-refractivity contribution in [2.75, 3.05) is 25.0 Å². The molecule has 1 aliphatic carbocycles. The number of H-pyrrole nitrogens is 1. The lowest BCUT2D eigenvalue weighted by atomic mass is 10.0. The van der Waals surface area contributed by atoms with E-state index in [2.05, 4.69) is 33.0 Å². The van der Waals surface area contributed by atoms with E-state index in [4.69, 9.17) is 0 Å². The largest absolute Gasteiger partial charge is 0.385 e. The monoisotopic (exact) mass is 412 g/mol. The molecule has 1 saturated carbocycles. The van der Waals surface area contributed by atoms with Gasteiger partial charge in [0.2, 0.25) is 0 Å². The number of halogens is 1. The van der Waals surface area contributed by atoms with Gasteiger partial charge in [0.25, 0.3) is 5.56 Å². The van der Waals surface area contributed by atoms with E-state index in [0.717, 1.165) is 47.8 Å². The van der Waals surface area contributed by atoms with Gasteiger partial charge in [0.1, 0.15) is 0 Å². The molecule has 1 aromatic heterocycles. The second-order valence-corrected chi connectivity index (χ2v) is 7.66. The molecule has 0 saturated heterocycles. The lowest BCUT2D eigenvalue weighted by Gasteiger charge is -2.10. The van der Waals surface area contributed by atoms with Crippen molar-refractivity contribution in [2.24, 2.45) is 5.92 Å². The number of rotatable bonds is 10. The van der Waals surface area contributed by atoms with Crippen molar-refractivity contribution >= 4 is 28.9 Å². The van der Waals surface area contributed by atoms with Crippen molar-refractivity contribution < 1.29 is 0 Å². The zero-order chi connectivity index (χ0) is 19.2. The maximum absolute atomic E-state index is 12.0. The summed E-state index contributed by atoms with van der Waals surface area (Å²) >= 11 is 0. The molecule has 6 heteroatoms. The van der Waals surface area contributed by atoms with Crippen LogP contribution in [0.25, 0.3) is 22.0 Å². The molecule has 1 aliphatic rings. The lowest BCUT2D eigenvalue weighted by Crippen LogP contribution is -2.18. The van der Waals surface area contributed by atoms with E-state index >= 15 is 0 Å². The SMILES string of the molecule is Cl.O=c1[nH]nc(-c2cccc(NCCCCCNCC3CC3)c2)c2ccccc12. The minimum Gasteiger partial charge on any atom is -0.385 e. The van der Waals surface area contributed by atoms with Crippen LogP contribution >= 0.6 is 12.4 Å². The van der Waals surface area contributed by atoms with Crippen LogP contribution in [0.4, 0.5) is 5.69 Å². The molecule has 3 N–H and O–H groups in total. The van der Waals surface area contributed by atoms with Gasteiger partial charge >= 0.3 is 0 Å². The van der Waals surface area contributed by atoms with Crippen molar-refractivity contribution in [3.05, 3.63) is 58.9 Å². The summed E-state index contributed by atoms with van der Waals surface area (Å²) in [5.74, 6) is 0.961. The average molecular weight is 413 g/mol. The first-order valence-electron chi connectivity index (χ1n) is 10.3. The molecule has 5 nitrogen and oxygen atoms in total. The van der Waals surface area contributed by atoms with Crippen molar-refractivity contribution in [3.63, 3.8) is 0 Å². The fraction of sp³-hybridized carbons (Fsp3) is 0.391. The zero-order valence-electron chi connectivity index (χ0n) is 16.6. The number of hydrogen-bond acceptors (Lipinski definition) is 4. The van der Waals surface area contributed by atoms with E-state index in [9.17, 15) is 4.79 Å². The Balaban J connectivity index is 0.00000240. The summed E-state index contributed by atoms with van der Waals surface area (Å²) < 4.78 is 0. The fourth-order valence-corrected chi connectivity index (χ4v) is 3.52. The van der Waals surface area contributed by atoms with E-state index in [1.807, 2.05) is 36.4 Å². The Labute approximate surface area is 177 Å². The Bertz CT molecular complexity index is 984. The number of hydrogen-bond donors (Lipinski definition) is 3. The first kappa shape index (κ1) is 21.3. The highest BCUT2D eigenvalue weighted by Crippen LogP contribution is 2.27. The van der Waals surface area contributed by atoms with Gasteiger partial charge in [0.05, 0.1) is 11.1 Å². The minimum absolute atomic E-state index is 0. The second-order valence-electron chi connectivity index (χ2n) is 7.66. The second kappa shape index (κ2) is 10.4. The molecule has 29 heavy (non-hydrogen) atoms. The summed E-state index contributed by atoms with van der Waals surface area (Å²) in [6.45, 7) is 3.31. The third kappa shape index (κ3) is 5.81. The molecular formula is C23H29ClN4O. The van der Waals surface area contributed by atoms with E-state index < -0.39 is 0 Å². The molecule has 1 heterocycles. The van der Waals surface area contributed by atoms with Gasteiger partial charge in [-0.15, -0.1) is 12.4 Å². The van der Waals surface area contributed by atoms with E-state index in [0.29, 0.717) is 5.39 Å². The molecule has 4 rings (SSSR count). The number of fused-ring (bicyclic) bond motifs is 1. The van der Waals surface area contributed by atoms with Crippen molar-refractivity contribution in [2.45, 2.75) is 32.1 Å². The van der Waals surface area contributed by atoms with Crippen LogP contribution in [-0.2, 0) is 0 Å². The maximum atomic E-state index is 12.0. The number of nitrogens with zero attached hydrogens (tertiary/aromatic N) is 1. The number of aromatic amines is 1. The Kier molecular flexibility index (Phi) is 7.67. The maximum Gasteiger partial charge on any atom is 0.272 e. The van der Waals surface area contributed by atoms with Gasteiger partial charge in [0.15, 0.2) is 0 Å². The normalized spacial score (nSPS) is 13.2. The highest BCUT2D eigenvalue weighted by molar-refractivity contribution is 5.94. The van der Waals surface area contributed by atoms with Crippen molar-refractivity contribution in [1.82, 2.24) is 15.5 Å². The average Bonchev–Trinajstić information content (AvgIpc) is 3.55. The van der Waals surface area contributed by atoms with E-state index in [1.54, 1.807) is 0 Å². The van der Waals surface area contributed by atoms with Crippen LogP contribution in [0.3, 0.4) is 0 Å². The minimum atomic E-state index is -0.153. The summed E-state index contributed by atoms with van der Waals surface area (Å²) in [5.41, 5.74) is 2.74. The quantitative estimate of drug-likeness (QED) is 0.426. The standard InChI is InChI=1S/C23H28N4O.ClH/c28-23-21-10-3-2-9-20(21)22(26-27-23)18-7-6-8-19(15-18)25-14-5-1-4-13-24-16-17-11-12-17;/h2-3,6-10,15,17,24-25H,1,4-5,11-14,16H2,(H,27,28);1H. The zero-order valence-corrected chi connectivity index (χ0v) is 17.4. The van der Waals surface area contributed by atoms with Gasteiger partial charge in [-0.2, -0.15) is 5.10 Å². The molecule has 0 atom stereocenters. The number of nitrogens with one attached hydrogen (secondary N) is 3. The molecule has 1 fully saturated rings. The molecule has 0 bridgehead atoms. The molecule has 154 valence electrons. The molecule has 0 unspecified atom stereocenters. The van der Waals surface area contributed by atoms with Crippen molar-refractivity contribution in [1.29, 1.82) is 0 Å². The summed E-state index contributed by atoms with van der Waals surface area (Å²) in [6, 6.07) is 15.8. The van der Waals surface area contributed by atoms with Gasteiger partial charge in [-0.05, 0) is 62.9 Å². The highest BCUT2D eigenvalue weighted by atomic mass is 35.5. The topological polar surface area (TPSA) is 69.8 Å². The van der Waals surface area contributed by atoms with Gasteiger partial charge in [0, 0.05) is 23.2 Å². The van der Waals surface area contributed by atoms with Crippen LogP contribution in [0.15, 0.2) is 53.3 Å². The first-order valence-corrected chi connectivity index (χ1v) is 10.3. The Hall–Kier alpha value is -2.37. The Morgan fingerprint density at radius 2 is 1.76 bits per heavy atom. The number of benzene rings is 2. The third-order valence-electron chi connectivity index (χ3n) is 5.32. The highest BCUT2D eigenvalue weighted by Gasteiger charge is 2.19. The van der Waals surface area contributed by atoms with Crippen LogP contribution < -0.4 is 16.2 Å². The molecule has 3 aromatic rings. The summed E-state index contributed by atoms with van der Waals surface area (Å²) in [7, 11) is 0. The third-order valence-corrected chi connectivity index (χ3v) is 5.32. The van der Waals surface area contributed by atoms with Crippen LogP contribution in [0.5, 0.6) is 0 Å². The number of unbranched alkanes of at least 4 members (excludes halogenated alkanes) is 2. The van der Waals surface area contributed by atoms with Gasteiger partial charge in [-0.25, -0.2) is 5.10 Å². The van der Waals surface area contributed by atoms with Crippen LogP contribution in [0.1, 0.15) is 32.1 Å². The van der Waals surface area contributed by atoms with Gasteiger partial charge < -0.3 is 10.6 Å². The molecule has 0 amide bonds. The summed E-state index contributed by atoms with van der Waals surface area (Å²) in [6.07, 6.45) is 6.47. The Morgan fingerprint density at radius 1 is 0.966 bits per heavy atom. The molecule has 0 radical (unpaired) electrons. The van der Waals surface area contributed by atoms with Crippen LogP contribution in [0, 0.1) is 5.92 Å². The van der Waals surface area contributed by atoms with Gasteiger partial charge in [-0.1, -0.05) is 36.8 Å². The number of aromatic nitrogens is 2. The smallest absolute Gasteiger partial charge is 0.272 e. The van der Waals surface area contributed by atoms with Crippen molar-refractivity contribution in [3.8, 4) is 11.3 Å². The molecular weight excluding hydrogens is 384 g/mol. The Morgan fingerprint density at radius 3 is 2.59 bits per heavy atom. The predicted octanol–water partition coefficient (Wildman–Crippen LogP) is 4.59.